The van der Waals surface area contributed by atoms with E-state index in [4.69, 9.17) is 10.5 Å². The molecule has 0 radical (unpaired) electrons. The van der Waals surface area contributed by atoms with Gasteiger partial charge in [0.15, 0.2) is 5.96 Å². The number of benzene rings is 2. The highest BCUT2D eigenvalue weighted by Crippen LogP contribution is 2.38. The fraction of sp³-hybridized carbons (Fsp3) is 0.321. The number of nitrogens with one attached hydrogen (secondary N) is 2. The second-order valence-electron chi connectivity index (χ2n) is 9.52. The standard InChI is InChI=1S/C28H31N7O/c29-26-25-24(20-7-4-8-23(15-20)36-17-19-5-2-1-3-6-19)16-35(27(25)33-18-32-26)22-11-9-21(10-12-22)34-28-30-13-14-31-28/h1-8,15-16,18,21-22H,9-14,17H2,(H2,29,32,33)(H2,30,31,34). The molecule has 0 bridgehead atoms. The summed E-state index contributed by atoms with van der Waals surface area (Å²) in [6.45, 7) is 2.31. The minimum atomic E-state index is 0.365. The van der Waals surface area contributed by atoms with Crippen LogP contribution in [0.3, 0.4) is 0 Å². The Hall–Kier alpha value is -4.07. The molecule has 1 aliphatic heterocycles. The molecule has 2 aromatic carbocycles. The molecule has 1 aliphatic carbocycles. The van der Waals surface area contributed by atoms with Gasteiger partial charge in [-0.05, 0) is 48.9 Å². The maximum absolute atomic E-state index is 6.40. The zero-order valence-corrected chi connectivity index (χ0v) is 20.2. The summed E-state index contributed by atoms with van der Waals surface area (Å²) in [6, 6.07) is 19.2. The van der Waals surface area contributed by atoms with E-state index in [2.05, 4.69) is 60.6 Å². The number of nitrogens with two attached hydrogens (primary N) is 1. The van der Waals surface area contributed by atoms with E-state index >= 15 is 0 Å². The Kier molecular flexibility index (Phi) is 6.15. The van der Waals surface area contributed by atoms with Crippen molar-refractivity contribution in [1.29, 1.82) is 0 Å². The molecule has 8 heteroatoms. The molecule has 0 saturated heterocycles. The minimum absolute atomic E-state index is 0.365. The number of hydrogen-bond acceptors (Lipinski definition) is 7. The molecule has 8 nitrogen and oxygen atoms in total. The predicted octanol–water partition coefficient (Wildman–Crippen LogP) is 4.29. The predicted molar refractivity (Wildman–Crippen MR) is 143 cm³/mol. The number of nitrogens with zero attached hydrogens (tertiary/aromatic N) is 4. The molecule has 0 amide bonds. The SMILES string of the molecule is Nc1ncnc2c1c(-c1cccc(OCc3ccccc3)c1)cn2C1CCC(NC2=NCCN2)CC1. The summed E-state index contributed by atoms with van der Waals surface area (Å²) in [5.41, 5.74) is 10.5. The number of aromatic nitrogens is 3. The first-order valence-corrected chi connectivity index (χ1v) is 12.7. The Bertz CT molecular complexity index is 1370. The van der Waals surface area contributed by atoms with Crippen LogP contribution in [0.15, 0.2) is 72.1 Å². The number of aliphatic imine (C=N–C) groups is 1. The Morgan fingerprint density at radius 3 is 2.69 bits per heavy atom. The Morgan fingerprint density at radius 2 is 1.89 bits per heavy atom. The average molecular weight is 482 g/mol. The second-order valence-corrected chi connectivity index (χ2v) is 9.52. The first-order chi connectivity index (χ1) is 17.7. The molecule has 184 valence electrons. The van der Waals surface area contributed by atoms with Crippen LogP contribution in [0.2, 0.25) is 0 Å². The molecular formula is C28H31N7O. The van der Waals surface area contributed by atoms with E-state index in [1.165, 1.54) is 0 Å². The van der Waals surface area contributed by atoms with Crippen molar-refractivity contribution in [3.8, 4) is 16.9 Å². The lowest BCUT2D eigenvalue weighted by Gasteiger charge is -2.30. The van der Waals surface area contributed by atoms with E-state index < -0.39 is 0 Å². The van der Waals surface area contributed by atoms with Gasteiger partial charge >= 0.3 is 0 Å². The highest BCUT2D eigenvalue weighted by molar-refractivity contribution is 6.00. The number of rotatable bonds is 6. The number of ether oxygens (including phenoxy) is 1. The molecule has 0 unspecified atom stereocenters. The molecule has 4 N–H and O–H groups in total. The molecular weight excluding hydrogens is 450 g/mol. The lowest BCUT2D eigenvalue weighted by molar-refractivity contribution is 0.306. The van der Waals surface area contributed by atoms with Gasteiger partial charge in [0.25, 0.3) is 0 Å². The largest absolute Gasteiger partial charge is 0.489 e. The smallest absolute Gasteiger partial charge is 0.191 e. The van der Waals surface area contributed by atoms with Crippen LogP contribution in [0.1, 0.15) is 37.3 Å². The first-order valence-electron chi connectivity index (χ1n) is 12.7. The third-order valence-corrected chi connectivity index (χ3v) is 7.14. The number of hydrogen-bond donors (Lipinski definition) is 3. The third-order valence-electron chi connectivity index (χ3n) is 7.14. The Labute approximate surface area is 210 Å². The maximum Gasteiger partial charge on any atom is 0.191 e. The summed E-state index contributed by atoms with van der Waals surface area (Å²) in [4.78, 5) is 13.5. The van der Waals surface area contributed by atoms with Crippen LogP contribution in [0, 0.1) is 0 Å². The summed E-state index contributed by atoms with van der Waals surface area (Å²) >= 11 is 0. The second kappa shape index (κ2) is 9.89. The number of fused-ring (bicyclic) bond motifs is 1. The van der Waals surface area contributed by atoms with Crippen molar-refractivity contribution >= 4 is 22.8 Å². The molecule has 2 aliphatic rings. The van der Waals surface area contributed by atoms with E-state index in [0.717, 1.165) is 78.2 Å². The van der Waals surface area contributed by atoms with Crippen molar-refractivity contribution in [2.75, 3.05) is 18.8 Å². The first kappa shape index (κ1) is 22.4. The van der Waals surface area contributed by atoms with Gasteiger partial charge in [-0.25, -0.2) is 9.97 Å². The molecule has 3 heterocycles. The highest BCUT2D eigenvalue weighted by atomic mass is 16.5. The van der Waals surface area contributed by atoms with Crippen LogP contribution in [-0.4, -0.2) is 39.6 Å². The number of nitrogen functional groups attached to an aromatic ring is 1. The monoisotopic (exact) mass is 481 g/mol. The van der Waals surface area contributed by atoms with E-state index in [0.29, 0.717) is 24.5 Å². The van der Waals surface area contributed by atoms with Gasteiger partial charge < -0.3 is 25.7 Å². The van der Waals surface area contributed by atoms with E-state index in [-0.39, 0.29) is 0 Å². The quantitative estimate of drug-likeness (QED) is 0.380. The normalized spacial score (nSPS) is 19.6. The minimum Gasteiger partial charge on any atom is -0.489 e. The molecule has 0 atom stereocenters. The summed E-state index contributed by atoms with van der Waals surface area (Å²) in [5.74, 6) is 2.27. The zero-order chi connectivity index (χ0) is 24.3. The molecule has 2 aromatic heterocycles. The summed E-state index contributed by atoms with van der Waals surface area (Å²) in [5, 5.41) is 7.79. The number of guanidine groups is 1. The van der Waals surface area contributed by atoms with Gasteiger partial charge in [0.1, 0.15) is 30.1 Å². The summed E-state index contributed by atoms with van der Waals surface area (Å²) in [6.07, 6.45) is 8.07. The van der Waals surface area contributed by atoms with Crippen LogP contribution in [-0.2, 0) is 6.61 Å². The van der Waals surface area contributed by atoms with Crippen molar-refractivity contribution in [2.24, 2.45) is 4.99 Å². The van der Waals surface area contributed by atoms with Gasteiger partial charge in [-0.1, -0.05) is 42.5 Å². The van der Waals surface area contributed by atoms with Crippen LogP contribution in [0.25, 0.3) is 22.2 Å². The van der Waals surface area contributed by atoms with Crippen molar-refractivity contribution in [3.63, 3.8) is 0 Å². The average Bonchev–Trinajstić information content (AvgIpc) is 3.58. The molecule has 6 rings (SSSR count). The number of anilines is 1. The summed E-state index contributed by atoms with van der Waals surface area (Å²) in [7, 11) is 0. The Morgan fingerprint density at radius 1 is 1.03 bits per heavy atom. The zero-order valence-electron chi connectivity index (χ0n) is 20.2. The lowest BCUT2D eigenvalue weighted by Crippen LogP contribution is -2.42. The fourth-order valence-electron chi connectivity index (χ4n) is 5.29. The molecule has 1 fully saturated rings. The highest BCUT2D eigenvalue weighted by Gasteiger charge is 2.26. The molecule has 1 saturated carbocycles. The Balaban J connectivity index is 1.25. The van der Waals surface area contributed by atoms with Gasteiger partial charge in [-0.15, -0.1) is 0 Å². The van der Waals surface area contributed by atoms with Crippen molar-refractivity contribution < 1.29 is 4.74 Å². The van der Waals surface area contributed by atoms with Crippen molar-refractivity contribution in [3.05, 3.63) is 72.7 Å². The van der Waals surface area contributed by atoms with Gasteiger partial charge in [0.05, 0.1) is 11.9 Å². The van der Waals surface area contributed by atoms with E-state index in [1.807, 2.05) is 30.3 Å². The molecule has 0 spiro atoms. The van der Waals surface area contributed by atoms with Gasteiger partial charge in [-0.3, -0.25) is 4.99 Å². The van der Waals surface area contributed by atoms with Gasteiger partial charge in [-0.2, -0.15) is 0 Å². The maximum atomic E-state index is 6.40. The van der Waals surface area contributed by atoms with Gasteiger partial charge in [0.2, 0.25) is 0 Å². The molecule has 4 aromatic rings. The van der Waals surface area contributed by atoms with Gasteiger partial charge in [0, 0.05) is 30.4 Å². The van der Waals surface area contributed by atoms with E-state index in [9.17, 15) is 0 Å². The lowest BCUT2D eigenvalue weighted by atomic mass is 9.91. The van der Waals surface area contributed by atoms with Crippen LogP contribution in [0.5, 0.6) is 5.75 Å². The third kappa shape index (κ3) is 4.58. The topological polar surface area (TPSA) is 102 Å². The van der Waals surface area contributed by atoms with Crippen LogP contribution in [0.4, 0.5) is 5.82 Å². The van der Waals surface area contributed by atoms with E-state index in [1.54, 1.807) is 6.33 Å². The van der Waals surface area contributed by atoms with Crippen molar-refractivity contribution in [2.45, 2.75) is 44.4 Å². The van der Waals surface area contributed by atoms with Crippen LogP contribution >= 0.6 is 0 Å². The fourth-order valence-corrected chi connectivity index (χ4v) is 5.29. The van der Waals surface area contributed by atoms with Crippen LogP contribution < -0.4 is 21.1 Å². The summed E-state index contributed by atoms with van der Waals surface area (Å²) < 4.78 is 8.40. The molecule has 36 heavy (non-hydrogen) atoms. The van der Waals surface area contributed by atoms with Crippen molar-refractivity contribution in [1.82, 2.24) is 25.2 Å².